The van der Waals surface area contributed by atoms with E-state index in [1.807, 2.05) is 12.1 Å². The molecule has 29 heavy (non-hydrogen) atoms. The molecular formula is C20H27N5O4. The van der Waals surface area contributed by atoms with Crippen LogP contribution in [0.2, 0.25) is 0 Å². The highest BCUT2D eigenvalue weighted by atomic mass is 16.3. The molecule has 3 heterocycles. The number of aromatic amines is 2. The number of rotatable bonds is 6. The smallest absolute Gasteiger partial charge is 0.326 e. The number of likely N-dealkylation sites (tertiary alicyclic amines) is 1. The molecule has 9 nitrogen and oxygen atoms in total. The molecule has 2 aromatic rings. The topological polar surface area (TPSA) is 122 Å². The average Bonchev–Trinajstić information content (AvgIpc) is 2.88. The number of aliphatic hydroxyl groups is 1. The van der Waals surface area contributed by atoms with E-state index in [1.165, 1.54) is 0 Å². The molecule has 0 bridgehead atoms. The number of amides is 1. The van der Waals surface area contributed by atoms with Crippen molar-refractivity contribution in [2.45, 2.75) is 38.3 Å². The number of likely N-dealkylation sites (N-methyl/N-ethyl adjacent to an activating group) is 1. The molecular weight excluding hydrogens is 374 g/mol. The van der Waals surface area contributed by atoms with Crippen LogP contribution in [-0.2, 0) is 6.54 Å². The van der Waals surface area contributed by atoms with Gasteiger partial charge in [0, 0.05) is 44.6 Å². The third-order valence-electron chi connectivity index (χ3n) is 5.32. The lowest BCUT2D eigenvalue weighted by Gasteiger charge is -2.33. The number of hydrogen-bond acceptors (Lipinski definition) is 6. The van der Waals surface area contributed by atoms with Crippen LogP contribution >= 0.6 is 0 Å². The Morgan fingerprint density at radius 3 is 2.69 bits per heavy atom. The minimum absolute atomic E-state index is 0.0305. The van der Waals surface area contributed by atoms with Gasteiger partial charge in [-0.3, -0.25) is 24.5 Å². The van der Waals surface area contributed by atoms with Crippen LogP contribution in [0.5, 0.6) is 0 Å². The fraction of sp³-hybridized carbons (Fsp3) is 0.500. The summed E-state index contributed by atoms with van der Waals surface area (Å²) in [6.07, 6.45) is 5.16. The van der Waals surface area contributed by atoms with Crippen LogP contribution in [0, 0.1) is 0 Å². The Morgan fingerprint density at radius 1 is 1.24 bits per heavy atom. The maximum Gasteiger partial charge on any atom is 0.326 e. The van der Waals surface area contributed by atoms with Crippen LogP contribution in [0.25, 0.3) is 0 Å². The first kappa shape index (κ1) is 20.9. The van der Waals surface area contributed by atoms with Crippen molar-refractivity contribution in [3.05, 3.63) is 62.7 Å². The van der Waals surface area contributed by atoms with Crippen molar-refractivity contribution in [1.29, 1.82) is 0 Å². The number of hydrogen-bond donors (Lipinski definition) is 3. The van der Waals surface area contributed by atoms with Gasteiger partial charge >= 0.3 is 5.69 Å². The van der Waals surface area contributed by atoms with E-state index in [0.717, 1.165) is 24.7 Å². The predicted molar refractivity (Wildman–Crippen MR) is 108 cm³/mol. The summed E-state index contributed by atoms with van der Waals surface area (Å²) >= 11 is 0. The largest absolute Gasteiger partial charge is 0.388 e. The molecule has 2 aromatic heterocycles. The molecule has 0 aromatic carbocycles. The van der Waals surface area contributed by atoms with Gasteiger partial charge < -0.3 is 15.0 Å². The van der Waals surface area contributed by atoms with Crippen molar-refractivity contribution in [3.8, 4) is 0 Å². The van der Waals surface area contributed by atoms with Gasteiger partial charge in [0.15, 0.2) is 0 Å². The van der Waals surface area contributed by atoms with Crippen molar-refractivity contribution in [3.63, 3.8) is 0 Å². The van der Waals surface area contributed by atoms with Crippen molar-refractivity contribution >= 4 is 5.91 Å². The number of nitrogens with zero attached hydrogens (tertiary/aromatic N) is 3. The van der Waals surface area contributed by atoms with Gasteiger partial charge in [0.2, 0.25) is 0 Å². The van der Waals surface area contributed by atoms with Crippen molar-refractivity contribution < 1.29 is 9.90 Å². The summed E-state index contributed by atoms with van der Waals surface area (Å²) in [5.41, 5.74) is -1.12. The first-order valence-electron chi connectivity index (χ1n) is 9.85. The van der Waals surface area contributed by atoms with Gasteiger partial charge in [0.1, 0.15) is 5.69 Å². The molecule has 3 N–H and O–H groups in total. The molecule has 1 unspecified atom stereocenters. The molecule has 0 radical (unpaired) electrons. The SMILES string of the molecule is CCN(Cc1ccncc1)CC1(O)CCCN(C(=O)c2cc(=O)[nH]c(=O)[nH]2)CC1. The molecule has 1 aliphatic rings. The Hall–Kier alpha value is -2.78. The molecule has 3 rings (SSSR count). The summed E-state index contributed by atoms with van der Waals surface area (Å²) in [5, 5.41) is 11.2. The van der Waals surface area contributed by atoms with Crippen LogP contribution in [0.4, 0.5) is 0 Å². The lowest BCUT2D eigenvalue weighted by molar-refractivity contribution is -0.00928. The Labute approximate surface area is 168 Å². The van der Waals surface area contributed by atoms with E-state index in [1.54, 1.807) is 17.3 Å². The Kier molecular flexibility index (Phi) is 6.60. The van der Waals surface area contributed by atoms with Gasteiger partial charge in [-0.1, -0.05) is 6.92 Å². The minimum Gasteiger partial charge on any atom is -0.388 e. The van der Waals surface area contributed by atoms with Crippen molar-refractivity contribution in [2.24, 2.45) is 0 Å². The highest BCUT2D eigenvalue weighted by Gasteiger charge is 2.33. The van der Waals surface area contributed by atoms with E-state index in [0.29, 0.717) is 38.9 Å². The second-order valence-corrected chi connectivity index (χ2v) is 7.53. The highest BCUT2D eigenvalue weighted by Crippen LogP contribution is 2.25. The number of H-pyrrole nitrogens is 2. The summed E-state index contributed by atoms with van der Waals surface area (Å²) in [7, 11) is 0. The lowest BCUT2D eigenvalue weighted by Crippen LogP contribution is -2.44. The van der Waals surface area contributed by atoms with E-state index >= 15 is 0 Å². The van der Waals surface area contributed by atoms with E-state index < -0.39 is 22.8 Å². The molecule has 1 saturated heterocycles. The highest BCUT2D eigenvalue weighted by molar-refractivity contribution is 5.92. The summed E-state index contributed by atoms with van der Waals surface area (Å²) in [4.78, 5) is 47.8. The van der Waals surface area contributed by atoms with Gasteiger partial charge in [0.25, 0.3) is 11.5 Å². The van der Waals surface area contributed by atoms with Crippen LogP contribution < -0.4 is 11.2 Å². The van der Waals surface area contributed by atoms with Gasteiger partial charge in [-0.15, -0.1) is 0 Å². The summed E-state index contributed by atoms with van der Waals surface area (Å²) in [6, 6.07) is 5.01. The normalized spacial score (nSPS) is 19.9. The van der Waals surface area contributed by atoms with E-state index in [2.05, 4.69) is 26.8 Å². The standard InChI is InChI=1S/C20H27N5O4/c1-2-24(13-15-4-8-21-9-5-15)14-20(29)6-3-10-25(11-7-20)18(27)16-12-17(26)23-19(28)22-16/h4-5,8-9,12,29H,2-3,6-7,10-11,13-14H2,1H3,(H2,22,23,26,28). The molecule has 1 amide bonds. The molecule has 156 valence electrons. The number of aromatic nitrogens is 3. The van der Waals surface area contributed by atoms with Gasteiger partial charge in [-0.25, -0.2) is 4.79 Å². The lowest BCUT2D eigenvalue weighted by atomic mass is 9.94. The molecule has 0 spiro atoms. The fourth-order valence-electron chi connectivity index (χ4n) is 3.74. The maximum atomic E-state index is 12.7. The van der Waals surface area contributed by atoms with E-state index in [9.17, 15) is 19.5 Å². The summed E-state index contributed by atoms with van der Waals surface area (Å²) in [6.45, 7) is 4.90. The quantitative estimate of drug-likeness (QED) is 0.641. The second kappa shape index (κ2) is 9.15. The molecule has 1 aliphatic heterocycles. The minimum atomic E-state index is -0.903. The number of pyridine rings is 1. The maximum absolute atomic E-state index is 12.7. The van der Waals surface area contributed by atoms with Crippen LogP contribution in [-0.4, -0.2) is 67.5 Å². The monoisotopic (exact) mass is 401 g/mol. The molecule has 0 aliphatic carbocycles. The van der Waals surface area contributed by atoms with Crippen LogP contribution in [0.15, 0.2) is 40.2 Å². The molecule has 1 fully saturated rings. The average molecular weight is 401 g/mol. The zero-order chi connectivity index (χ0) is 20.9. The zero-order valence-corrected chi connectivity index (χ0v) is 16.6. The summed E-state index contributed by atoms with van der Waals surface area (Å²) < 4.78 is 0. The molecule has 1 atom stereocenters. The third kappa shape index (κ3) is 5.61. The fourth-order valence-corrected chi connectivity index (χ4v) is 3.74. The van der Waals surface area contributed by atoms with Crippen molar-refractivity contribution in [1.82, 2.24) is 24.8 Å². The van der Waals surface area contributed by atoms with Gasteiger partial charge in [-0.2, -0.15) is 0 Å². The number of carbonyl (C=O) groups excluding carboxylic acids is 1. The van der Waals surface area contributed by atoms with E-state index in [-0.39, 0.29) is 5.69 Å². The van der Waals surface area contributed by atoms with Crippen LogP contribution in [0.1, 0.15) is 42.2 Å². The Bertz CT molecular complexity index is 913. The second-order valence-electron chi connectivity index (χ2n) is 7.53. The van der Waals surface area contributed by atoms with Crippen LogP contribution in [0.3, 0.4) is 0 Å². The summed E-state index contributed by atoms with van der Waals surface area (Å²) in [5.74, 6) is -0.401. The van der Waals surface area contributed by atoms with E-state index in [4.69, 9.17) is 0 Å². The van der Waals surface area contributed by atoms with Crippen molar-refractivity contribution in [2.75, 3.05) is 26.2 Å². The number of carbonyl (C=O) groups is 1. The third-order valence-corrected chi connectivity index (χ3v) is 5.32. The van der Waals surface area contributed by atoms with Gasteiger partial charge in [-0.05, 0) is 43.5 Å². The zero-order valence-electron chi connectivity index (χ0n) is 16.6. The Morgan fingerprint density at radius 2 is 2.00 bits per heavy atom. The first-order valence-corrected chi connectivity index (χ1v) is 9.85. The first-order chi connectivity index (χ1) is 13.9. The Balaban J connectivity index is 1.65. The number of nitrogens with one attached hydrogen (secondary N) is 2. The molecule has 9 heteroatoms. The van der Waals surface area contributed by atoms with Gasteiger partial charge in [0.05, 0.1) is 5.60 Å². The molecule has 0 saturated carbocycles. The predicted octanol–water partition coefficient (Wildman–Crippen LogP) is 0.338.